The molecule has 0 spiro atoms. The Morgan fingerprint density at radius 1 is 1.23 bits per heavy atom. The number of rotatable bonds is 4. The van der Waals surface area contributed by atoms with Gasteiger partial charge in [-0.25, -0.2) is 0 Å². The van der Waals surface area contributed by atoms with E-state index in [4.69, 9.17) is 23.7 Å². The van der Waals surface area contributed by atoms with Crippen molar-refractivity contribution in [3.05, 3.63) is 29.8 Å². The maximum atomic E-state index is 11.9. The first-order valence-corrected chi connectivity index (χ1v) is 7.23. The van der Waals surface area contributed by atoms with E-state index in [9.17, 15) is 4.79 Å². The zero-order valence-corrected chi connectivity index (χ0v) is 12.9. The van der Waals surface area contributed by atoms with Crippen molar-refractivity contribution in [1.29, 1.82) is 0 Å². The minimum absolute atomic E-state index is 0.0200. The molecular weight excluding hydrogens is 288 g/mol. The lowest BCUT2D eigenvalue weighted by atomic mass is 10.1. The predicted molar refractivity (Wildman–Crippen MR) is 76.4 cm³/mol. The average molecular weight is 308 g/mol. The molecule has 6 nitrogen and oxygen atoms in total. The lowest BCUT2D eigenvalue weighted by Crippen LogP contribution is -2.49. The fourth-order valence-corrected chi connectivity index (χ4v) is 2.62. The minimum Gasteiger partial charge on any atom is -0.497 e. The van der Waals surface area contributed by atoms with E-state index in [1.165, 1.54) is 0 Å². The lowest BCUT2D eigenvalue weighted by molar-refractivity contribution is -0.230. The zero-order valence-electron chi connectivity index (χ0n) is 12.9. The number of hydrogen-bond donors (Lipinski definition) is 0. The fourth-order valence-electron chi connectivity index (χ4n) is 2.62. The summed E-state index contributed by atoms with van der Waals surface area (Å²) in [4.78, 5) is 11.9. The van der Waals surface area contributed by atoms with Crippen LogP contribution in [0.4, 0.5) is 0 Å². The van der Waals surface area contributed by atoms with Crippen LogP contribution in [0.25, 0.3) is 0 Å². The SMILES string of the molecule is COc1ccc(CO[C@H]2OCC(=O)[C@@H]3OC(C)(C)O[C@H]23)cc1. The summed E-state index contributed by atoms with van der Waals surface area (Å²) in [7, 11) is 1.62. The second-order valence-electron chi connectivity index (χ2n) is 5.83. The molecule has 0 aliphatic carbocycles. The average Bonchev–Trinajstić information content (AvgIpc) is 2.83. The summed E-state index contributed by atoms with van der Waals surface area (Å²) in [6.07, 6.45) is -1.77. The standard InChI is InChI=1S/C16H20O6/c1-16(2)21-13-12(17)9-20-15(14(13)22-16)19-8-10-4-6-11(18-3)7-5-10/h4-7,13-15H,8-9H2,1-3H3/t13-,14-,15-/m0/s1. The Hall–Kier alpha value is -1.47. The number of carbonyl (C=O) groups is 1. The largest absolute Gasteiger partial charge is 0.497 e. The van der Waals surface area contributed by atoms with Crippen molar-refractivity contribution in [1.82, 2.24) is 0 Å². The Morgan fingerprint density at radius 3 is 2.64 bits per heavy atom. The van der Waals surface area contributed by atoms with E-state index in [1.54, 1.807) is 21.0 Å². The third kappa shape index (κ3) is 3.15. The van der Waals surface area contributed by atoms with Gasteiger partial charge in [0.2, 0.25) is 0 Å². The number of Topliss-reactive ketones (excluding diaryl/α,β-unsaturated/α-hetero) is 1. The molecule has 2 fully saturated rings. The van der Waals surface area contributed by atoms with E-state index in [2.05, 4.69) is 0 Å². The van der Waals surface area contributed by atoms with Gasteiger partial charge in [0.15, 0.2) is 24.0 Å². The van der Waals surface area contributed by atoms with Crippen LogP contribution in [-0.2, 0) is 30.3 Å². The highest BCUT2D eigenvalue weighted by atomic mass is 16.8. The normalized spacial score (nSPS) is 30.1. The van der Waals surface area contributed by atoms with Crippen molar-refractivity contribution in [3.63, 3.8) is 0 Å². The van der Waals surface area contributed by atoms with Gasteiger partial charge in [-0.15, -0.1) is 0 Å². The third-order valence-corrected chi connectivity index (χ3v) is 3.68. The van der Waals surface area contributed by atoms with Crippen molar-refractivity contribution in [2.75, 3.05) is 13.7 Å². The molecule has 1 aromatic carbocycles. The molecule has 0 aromatic heterocycles. The molecule has 3 atom stereocenters. The number of ether oxygens (including phenoxy) is 5. The number of hydrogen-bond acceptors (Lipinski definition) is 6. The first kappa shape index (κ1) is 15.4. The van der Waals surface area contributed by atoms with Crippen LogP contribution in [0.5, 0.6) is 5.75 Å². The molecular formula is C16H20O6. The molecule has 120 valence electrons. The van der Waals surface area contributed by atoms with E-state index in [0.717, 1.165) is 11.3 Å². The summed E-state index contributed by atoms with van der Waals surface area (Å²) in [5, 5.41) is 0. The summed E-state index contributed by atoms with van der Waals surface area (Å²) >= 11 is 0. The molecule has 0 bridgehead atoms. The van der Waals surface area contributed by atoms with Gasteiger partial charge in [-0.2, -0.15) is 0 Å². The molecule has 2 heterocycles. The molecule has 2 aliphatic heterocycles. The summed E-state index contributed by atoms with van der Waals surface area (Å²) in [5.74, 6) is -0.127. The number of ketones is 1. The van der Waals surface area contributed by atoms with Crippen LogP contribution in [0.3, 0.4) is 0 Å². The number of carbonyl (C=O) groups excluding carboxylic acids is 1. The van der Waals surface area contributed by atoms with Gasteiger partial charge in [0, 0.05) is 0 Å². The Bertz CT molecular complexity index is 538. The summed E-state index contributed by atoms with van der Waals surface area (Å²) in [6.45, 7) is 3.89. The molecule has 2 aliphatic rings. The predicted octanol–water partition coefficient (Wildman–Crippen LogP) is 1.66. The van der Waals surface area contributed by atoms with Crippen LogP contribution >= 0.6 is 0 Å². The van der Waals surface area contributed by atoms with Crippen molar-refractivity contribution in [2.45, 2.75) is 44.7 Å². The van der Waals surface area contributed by atoms with Crippen LogP contribution in [0.15, 0.2) is 24.3 Å². The molecule has 6 heteroatoms. The molecule has 2 saturated heterocycles. The molecule has 0 unspecified atom stereocenters. The van der Waals surface area contributed by atoms with Crippen molar-refractivity contribution in [3.8, 4) is 5.75 Å². The molecule has 0 radical (unpaired) electrons. The second kappa shape index (κ2) is 5.96. The molecule has 0 saturated carbocycles. The number of methoxy groups -OCH3 is 1. The highest BCUT2D eigenvalue weighted by Gasteiger charge is 2.52. The third-order valence-electron chi connectivity index (χ3n) is 3.68. The van der Waals surface area contributed by atoms with Gasteiger partial charge in [0.25, 0.3) is 0 Å². The summed E-state index contributed by atoms with van der Waals surface area (Å²) in [5.41, 5.74) is 0.982. The van der Waals surface area contributed by atoms with E-state index >= 15 is 0 Å². The molecule has 3 rings (SSSR count). The highest BCUT2D eigenvalue weighted by Crippen LogP contribution is 2.34. The van der Waals surface area contributed by atoms with E-state index in [-0.39, 0.29) is 12.4 Å². The number of benzene rings is 1. The van der Waals surface area contributed by atoms with Gasteiger partial charge in [0.1, 0.15) is 18.5 Å². The molecule has 0 N–H and O–H groups in total. The van der Waals surface area contributed by atoms with E-state index < -0.39 is 24.3 Å². The first-order chi connectivity index (χ1) is 10.5. The van der Waals surface area contributed by atoms with Crippen molar-refractivity contribution < 1.29 is 28.5 Å². The maximum absolute atomic E-state index is 11.9. The quantitative estimate of drug-likeness (QED) is 0.843. The summed E-state index contributed by atoms with van der Waals surface area (Å²) < 4.78 is 27.7. The highest BCUT2D eigenvalue weighted by molar-refractivity contribution is 5.86. The second-order valence-corrected chi connectivity index (χ2v) is 5.83. The van der Waals surface area contributed by atoms with Gasteiger partial charge in [-0.05, 0) is 31.5 Å². The van der Waals surface area contributed by atoms with Gasteiger partial charge in [0.05, 0.1) is 13.7 Å². The smallest absolute Gasteiger partial charge is 0.190 e. The van der Waals surface area contributed by atoms with Gasteiger partial charge >= 0.3 is 0 Å². The van der Waals surface area contributed by atoms with Gasteiger partial charge in [-0.1, -0.05) is 12.1 Å². The van der Waals surface area contributed by atoms with Crippen molar-refractivity contribution >= 4 is 5.78 Å². The molecule has 0 amide bonds. The lowest BCUT2D eigenvalue weighted by Gasteiger charge is -2.30. The monoisotopic (exact) mass is 308 g/mol. The summed E-state index contributed by atoms with van der Waals surface area (Å²) in [6, 6.07) is 7.57. The van der Waals surface area contributed by atoms with E-state index in [0.29, 0.717) is 6.61 Å². The minimum atomic E-state index is -0.805. The number of fused-ring (bicyclic) bond motifs is 1. The van der Waals surface area contributed by atoms with Crippen LogP contribution in [-0.4, -0.2) is 43.8 Å². The van der Waals surface area contributed by atoms with Crippen molar-refractivity contribution in [2.24, 2.45) is 0 Å². The van der Waals surface area contributed by atoms with Crippen LogP contribution in [0, 0.1) is 0 Å². The van der Waals surface area contributed by atoms with Crippen LogP contribution in [0.2, 0.25) is 0 Å². The maximum Gasteiger partial charge on any atom is 0.190 e. The van der Waals surface area contributed by atoms with Gasteiger partial charge < -0.3 is 23.7 Å². The topological polar surface area (TPSA) is 63.2 Å². The Labute approximate surface area is 129 Å². The molecule has 1 aromatic rings. The van der Waals surface area contributed by atoms with Crippen LogP contribution in [0.1, 0.15) is 19.4 Å². The molecule has 22 heavy (non-hydrogen) atoms. The Balaban J connectivity index is 1.63. The van der Waals surface area contributed by atoms with E-state index in [1.807, 2.05) is 24.3 Å². The fraction of sp³-hybridized carbons (Fsp3) is 0.562. The first-order valence-electron chi connectivity index (χ1n) is 7.23. The Kier molecular flexibility index (Phi) is 4.18. The zero-order chi connectivity index (χ0) is 15.7. The van der Waals surface area contributed by atoms with Gasteiger partial charge in [-0.3, -0.25) is 4.79 Å². The Morgan fingerprint density at radius 2 is 1.95 bits per heavy atom. The van der Waals surface area contributed by atoms with Crippen LogP contribution < -0.4 is 4.74 Å².